The molecule has 0 aromatic heterocycles. The highest BCUT2D eigenvalue weighted by atomic mass is 19.4. The molecule has 11 heavy (non-hydrogen) atoms. The molecule has 0 aromatic rings. The minimum atomic E-state index is -4.16. The van der Waals surface area contributed by atoms with Crippen LogP contribution in [-0.4, -0.2) is 18.8 Å². The first-order valence-corrected chi connectivity index (χ1v) is 3.63. The predicted molar refractivity (Wildman–Crippen MR) is 38.4 cm³/mol. The largest absolute Gasteiger partial charge is 0.406 e. The molecule has 0 aliphatic rings. The Morgan fingerprint density at radius 3 is 1.82 bits per heavy atom. The van der Waals surface area contributed by atoms with Crippen LogP contribution < -0.4 is 5.32 Å². The lowest BCUT2D eigenvalue weighted by atomic mass is 9.96. The minimum absolute atomic E-state index is 0.118. The van der Waals surface area contributed by atoms with Crippen LogP contribution in [0, 0.1) is 0 Å². The summed E-state index contributed by atoms with van der Waals surface area (Å²) >= 11 is 0. The van der Waals surface area contributed by atoms with E-state index in [2.05, 4.69) is 5.32 Å². The van der Waals surface area contributed by atoms with E-state index in [1.165, 1.54) is 14.0 Å². The zero-order valence-corrected chi connectivity index (χ0v) is 7.05. The molecular formula is C7H14F3N. The maximum absolute atomic E-state index is 12.2. The molecule has 0 heterocycles. The van der Waals surface area contributed by atoms with Crippen LogP contribution in [0.4, 0.5) is 13.2 Å². The highest BCUT2D eigenvalue weighted by Crippen LogP contribution is 2.33. The lowest BCUT2D eigenvalue weighted by Gasteiger charge is -2.31. The Morgan fingerprint density at radius 1 is 1.27 bits per heavy atom. The van der Waals surface area contributed by atoms with Crippen LogP contribution in [-0.2, 0) is 0 Å². The van der Waals surface area contributed by atoms with Gasteiger partial charge >= 0.3 is 6.18 Å². The fraction of sp³-hybridized carbons (Fsp3) is 1.00. The molecule has 0 aliphatic carbocycles. The lowest BCUT2D eigenvalue weighted by molar-refractivity contribution is -0.191. The van der Waals surface area contributed by atoms with Crippen LogP contribution in [0.2, 0.25) is 0 Å². The second kappa shape index (κ2) is 3.43. The van der Waals surface area contributed by atoms with Crippen molar-refractivity contribution in [2.45, 2.75) is 38.4 Å². The smallest absolute Gasteiger partial charge is 0.307 e. The maximum atomic E-state index is 12.2. The van der Waals surface area contributed by atoms with Gasteiger partial charge in [0.1, 0.15) is 5.54 Å². The molecule has 0 radical (unpaired) electrons. The quantitative estimate of drug-likeness (QED) is 0.683. The summed E-state index contributed by atoms with van der Waals surface area (Å²) < 4.78 is 36.7. The molecule has 1 unspecified atom stereocenters. The van der Waals surface area contributed by atoms with Gasteiger partial charge in [-0.3, -0.25) is 0 Å². The van der Waals surface area contributed by atoms with Crippen molar-refractivity contribution in [2.75, 3.05) is 7.05 Å². The molecule has 1 N–H and O–H groups in total. The van der Waals surface area contributed by atoms with E-state index in [9.17, 15) is 13.2 Å². The van der Waals surface area contributed by atoms with Crippen LogP contribution in [0.25, 0.3) is 0 Å². The van der Waals surface area contributed by atoms with Gasteiger partial charge in [-0.1, -0.05) is 13.3 Å². The second-order valence-electron chi connectivity index (χ2n) is 2.83. The Labute approximate surface area is 65.0 Å². The summed E-state index contributed by atoms with van der Waals surface area (Å²) in [6, 6.07) is 0. The first kappa shape index (κ1) is 10.8. The van der Waals surface area contributed by atoms with E-state index in [1.807, 2.05) is 0 Å². The van der Waals surface area contributed by atoms with Crippen molar-refractivity contribution in [3.63, 3.8) is 0 Å². The van der Waals surface area contributed by atoms with Crippen LogP contribution >= 0.6 is 0 Å². The van der Waals surface area contributed by atoms with Crippen molar-refractivity contribution in [2.24, 2.45) is 0 Å². The minimum Gasteiger partial charge on any atom is -0.307 e. The fourth-order valence-corrected chi connectivity index (χ4v) is 0.908. The van der Waals surface area contributed by atoms with Gasteiger partial charge < -0.3 is 5.32 Å². The molecule has 0 fully saturated rings. The third-order valence-corrected chi connectivity index (χ3v) is 1.93. The van der Waals surface area contributed by atoms with E-state index in [-0.39, 0.29) is 6.42 Å². The molecule has 1 atom stereocenters. The summed E-state index contributed by atoms with van der Waals surface area (Å²) in [6.07, 6.45) is -3.51. The monoisotopic (exact) mass is 169 g/mol. The highest BCUT2D eigenvalue weighted by molar-refractivity contribution is 4.88. The summed E-state index contributed by atoms with van der Waals surface area (Å²) in [7, 11) is 1.34. The zero-order valence-electron chi connectivity index (χ0n) is 7.05. The molecule has 0 spiro atoms. The molecule has 0 rings (SSSR count). The number of nitrogens with one attached hydrogen (secondary N) is 1. The van der Waals surface area contributed by atoms with Crippen molar-refractivity contribution in [3.05, 3.63) is 0 Å². The summed E-state index contributed by atoms with van der Waals surface area (Å²) in [4.78, 5) is 0. The predicted octanol–water partition coefficient (Wildman–Crippen LogP) is 2.33. The van der Waals surface area contributed by atoms with Gasteiger partial charge in [0.15, 0.2) is 0 Å². The van der Waals surface area contributed by atoms with Crippen LogP contribution in [0.5, 0.6) is 0 Å². The Kier molecular flexibility index (Phi) is 3.35. The normalized spacial score (nSPS) is 18.0. The van der Waals surface area contributed by atoms with Crippen molar-refractivity contribution in [1.29, 1.82) is 0 Å². The van der Waals surface area contributed by atoms with Crippen LogP contribution in [0.15, 0.2) is 0 Å². The van der Waals surface area contributed by atoms with Gasteiger partial charge in [0.25, 0.3) is 0 Å². The topological polar surface area (TPSA) is 12.0 Å². The summed E-state index contributed by atoms with van der Waals surface area (Å²) in [5.41, 5.74) is -1.72. The van der Waals surface area contributed by atoms with Crippen molar-refractivity contribution >= 4 is 0 Å². The fourth-order valence-electron chi connectivity index (χ4n) is 0.908. The van der Waals surface area contributed by atoms with E-state index in [0.29, 0.717) is 6.42 Å². The molecule has 1 nitrogen and oxygen atoms in total. The van der Waals surface area contributed by atoms with E-state index in [0.717, 1.165) is 0 Å². The SMILES string of the molecule is CCCC(C)(NC)C(F)(F)F. The number of alkyl halides is 3. The maximum Gasteiger partial charge on any atom is 0.406 e. The average Bonchev–Trinajstić information content (AvgIpc) is 1.86. The van der Waals surface area contributed by atoms with Gasteiger partial charge in [-0.25, -0.2) is 0 Å². The molecule has 0 saturated heterocycles. The molecule has 0 saturated carbocycles. The summed E-state index contributed by atoms with van der Waals surface area (Å²) in [5.74, 6) is 0. The molecular weight excluding hydrogens is 155 g/mol. The van der Waals surface area contributed by atoms with E-state index in [4.69, 9.17) is 0 Å². The van der Waals surface area contributed by atoms with Gasteiger partial charge in [0.2, 0.25) is 0 Å². The Balaban J connectivity index is 4.33. The van der Waals surface area contributed by atoms with Gasteiger partial charge in [-0.15, -0.1) is 0 Å². The van der Waals surface area contributed by atoms with Crippen LogP contribution in [0.3, 0.4) is 0 Å². The molecule has 0 aromatic carbocycles. The van der Waals surface area contributed by atoms with Crippen molar-refractivity contribution in [1.82, 2.24) is 5.32 Å². The standard InChI is InChI=1S/C7H14F3N/c1-4-5-6(2,11-3)7(8,9)10/h11H,4-5H2,1-3H3. The molecule has 0 aliphatic heterocycles. The van der Waals surface area contributed by atoms with Gasteiger partial charge in [-0.05, 0) is 20.4 Å². The summed E-state index contributed by atoms with van der Waals surface area (Å²) in [6.45, 7) is 2.91. The first-order valence-electron chi connectivity index (χ1n) is 3.63. The van der Waals surface area contributed by atoms with Crippen LogP contribution in [0.1, 0.15) is 26.7 Å². The van der Waals surface area contributed by atoms with E-state index < -0.39 is 11.7 Å². The first-order chi connectivity index (χ1) is 4.87. The number of rotatable bonds is 3. The average molecular weight is 169 g/mol. The summed E-state index contributed by atoms with van der Waals surface area (Å²) in [5, 5.41) is 2.29. The van der Waals surface area contributed by atoms with Gasteiger partial charge in [0, 0.05) is 0 Å². The van der Waals surface area contributed by atoms with Crippen molar-refractivity contribution in [3.8, 4) is 0 Å². The van der Waals surface area contributed by atoms with E-state index >= 15 is 0 Å². The Morgan fingerprint density at radius 2 is 1.73 bits per heavy atom. The molecule has 0 bridgehead atoms. The van der Waals surface area contributed by atoms with Gasteiger partial charge in [-0.2, -0.15) is 13.2 Å². The lowest BCUT2D eigenvalue weighted by Crippen LogP contribution is -2.52. The molecule has 0 amide bonds. The Hall–Kier alpha value is -0.250. The highest BCUT2D eigenvalue weighted by Gasteiger charge is 2.48. The molecule has 4 heteroatoms. The number of halogens is 3. The molecule has 68 valence electrons. The van der Waals surface area contributed by atoms with E-state index in [1.54, 1.807) is 6.92 Å². The number of hydrogen-bond donors (Lipinski definition) is 1. The zero-order chi connectivity index (χ0) is 9.12. The second-order valence-corrected chi connectivity index (χ2v) is 2.83. The van der Waals surface area contributed by atoms with Gasteiger partial charge in [0.05, 0.1) is 0 Å². The third-order valence-electron chi connectivity index (χ3n) is 1.93. The third kappa shape index (κ3) is 2.36. The number of hydrogen-bond acceptors (Lipinski definition) is 1. The van der Waals surface area contributed by atoms with Crippen molar-refractivity contribution < 1.29 is 13.2 Å². The Bertz CT molecular complexity index is 121.